The zero-order valence-electron chi connectivity index (χ0n) is 10.0. The number of nitrogens with one attached hydrogen (secondary N) is 1. The molecular weight excluding hydrogens is 217 g/mol. The van der Waals surface area contributed by atoms with Crippen molar-refractivity contribution < 1.29 is 9.50 Å². The zero-order valence-corrected chi connectivity index (χ0v) is 10.0. The summed E-state index contributed by atoms with van der Waals surface area (Å²) in [5.74, 6) is -0.178. The summed E-state index contributed by atoms with van der Waals surface area (Å²) in [7, 11) is 0. The molecule has 1 fully saturated rings. The Hall–Kier alpha value is -0.930. The molecule has 0 atom stereocenters. The van der Waals surface area contributed by atoms with E-state index in [9.17, 15) is 9.50 Å². The van der Waals surface area contributed by atoms with Crippen LogP contribution in [0.2, 0.25) is 0 Å². The monoisotopic (exact) mass is 237 g/mol. The Labute approximate surface area is 102 Å². The lowest BCUT2D eigenvalue weighted by Crippen LogP contribution is -2.35. The number of hydrogen-bond donors (Lipinski definition) is 2. The summed E-state index contributed by atoms with van der Waals surface area (Å²) in [4.78, 5) is 0. The highest BCUT2D eigenvalue weighted by atomic mass is 19.1. The van der Waals surface area contributed by atoms with Gasteiger partial charge in [0.25, 0.3) is 0 Å². The van der Waals surface area contributed by atoms with Gasteiger partial charge in [-0.2, -0.15) is 0 Å². The minimum absolute atomic E-state index is 0.0925. The summed E-state index contributed by atoms with van der Waals surface area (Å²) < 4.78 is 12.7. The maximum Gasteiger partial charge on any atom is 0.123 e. The van der Waals surface area contributed by atoms with Crippen molar-refractivity contribution in [2.75, 3.05) is 6.54 Å². The molecule has 1 aromatic carbocycles. The third-order valence-corrected chi connectivity index (χ3v) is 3.46. The minimum atomic E-state index is -0.178. The van der Waals surface area contributed by atoms with E-state index >= 15 is 0 Å². The van der Waals surface area contributed by atoms with E-state index in [0.717, 1.165) is 44.2 Å². The van der Waals surface area contributed by atoms with Crippen LogP contribution >= 0.6 is 0 Å². The van der Waals surface area contributed by atoms with Gasteiger partial charge in [0.05, 0.1) is 6.10 Å². The first-order valence-corrected chi connectivity index (χ1v) is 6.40. The molecule has 0 saturated heterocycles. The lowest BCUT2D eigenvalue weighted by atomic mass is 9.93. The fourth-order valence-electron chi connectivity index (χ4n) is 2.35. The van der Waals surface area contributed by atoms with E-state index in [2.05, 4.69) is 5.32 Å². The Balaban J connectivity index is 1.67. The van der Waals surface area contributed by atoms with E-state index in [0.29, 0.717) is 6.04 Å². The first-order chi connectivity index (χ1) is 8.24. The van der Waals surface area contributed by atoms with Crippen LogP contribution in [-0.4, -0.2) is 23.8 Å². The van der Waals surface area contributed by atoms with Gasteiger partial charge in [-0.25, -0.2) is 4.39 Å². The summed E-state index contributed by atoms with van der Waals surface area (Å²) in [5, 5.41) is 12.9. The first kappa shape index (κ1) is 12.5. The van der Waals surface area contributed by atoms with Crippen molar-refractivity contribution in [2.45, 2.75) is 44.2 Å². The van der Waals surface area contributed by atoms with E-state index in [1.165, 1.54) is 12.1 Å². The molecule has 1 aliphatic carbocycles. The Morgan fingerprint density at radius 1 is 1.12 bits per heavy atom. The molecule has 1 saturated carbocycles. The molecular formula is C14H20FNO. The van der Waals surface area contributed by atoms with Crippen LogP contribution in [-0.2, 0) is 6.42 Å². The van der Waals surface area contributed by atoms with E-state index in [1.807, 2.05) is 12.1 Å². The first-order valence-electron chi connectivity index (χ1n) is 6.40. The lowest BCUT2D eigenvalue weighted by molar-refractivity contribution is 0.117. The molecule has 0 unspecified atom stereocenters. The Morgan fingerprint density at radius 3 is 2.41 bits per heavy atom. The van der Waals surface area contributed by atoms with Crippen molar-refractivity contribution in [3.8, 4) is 0 Å². The predicted octanol–water partition coefficient (Wildman–Crippen LogP) is 2.26. The maximum atomic E-state index is 12.7. The summed E-state index contributed by atoms with van der Waals surface area (Å²) in [6, 6.07) is 7.22. The van der Waals surface area contributed by atoms with Crippen LogP contribution in [0.4, 0.5) is 4.39 Å². The Morgan fingerprint density at radius 2 is 1.76 bits per heavy atom. The lowest BCUT2D eigenvalue weighted by Gasteiger charge is -2.26. The van der Waals surface area contributed by atoms with Crippen molar-refractivity contribution in [3.05, 3.63) is 35.6 Å². The Bertz CT molecular complexity index is 331. The van der Waals surface area contributed by atoms with Gasteiger partial charge in [-0.1, -0.05) is 12.1 Å². The van der Waals surface area contributed by atoms with Gasteiger partial charge < -0.3 is 10.4 Å². The molecule has 1 aliphatic rings. The van der Waals surface area contributed by atoms with Gasteiger partial charge in [0.15, 0.2) is 0 Å². The Kier molecular flexibility index (Phi) is 4.51. The quantitative estimate of drug-likeness (QED) is 0.842. The van der Waals surface area contributed by atoms with E-state index < -0.39 is 0 Å². The SMILES string of the molecule is OC1CCC(NCCc2ccc(F)cc2)CC1. The third-order valence-electron chi connectivity index (χ3n) is 3.46. The molecule has 0 bridgehead atoms. The van der Waals surface area contributed by atoms with Gasteiger partial charge in [0, 0.05) is 6.04 Å². The fraction of sp³-hybridized carbons (Fsp3) is 0.571. The van der Waals surface area contributed by atoms with Gasteiger partial charge in [0.2, 0.25) is 0 Å². The molecule has 0 aliphatic heterocycles. The van der Waals surface area contributed by atoms with Crippen molar-refractivity contribution >= 4 is 0 Å². The number of aliphatic hydroxyl groups excluding tert-OH is 1. The topological polar surface area (TPSA) is 32.3 Å². The molecule has 2 rings (SSSR count). The predicted molar refractivity (Wildman–Crippen MR) is 66.4 cm³/mol. The van der Waals surface area contributed by atoms with E-state index in [1.54, 1.807) is 0 Å². The summed E-state index contributed by atoms with van der Waals surface area (Å²) in [5.41, 5.74) is 1.16. The third kappa shape index (κ3) is 4.10. The van der Waals surface area contributed by atoms with Gasteiger partial charge in [-0.05, 0) is 56.3 Å². The average Bonchev–Trinajstić information content (AvgIpc) is 2.34. The standard InChI is InChI=1S/C14H20FNO/c15-12-3-1-11(2-4-12)9-10-16-13-5-7-14(17)8-6-13/h1-4,13-14,16-17H,5-10H2. The van der Waals surface area contributed by atoms with Crippen LogP contribution in [0.25, 0.3) is 0 Å². The normalized spacial score (nSPS) is 24.8. The average molecular weight is 237 g/mol. The highest BCUT2D eigenvalue weighted by molar-refractivity contribution is 5.16. The molecule has 0 heterocycles. The number of halogens is 1. The van der Waals surface area contributed by atoms with Crippen LogP contribution in [0.15, 0.2) is 24.3 Å². The fourth-order valence-corrected chi connectivity index (χ4v) is 2.35. The van der Waals surface area contributed by atoms with Crippen molar-refractivity contribution in [1.29, 1.82) is 0 Å². The van der Waals surface area contributed by atoms with Crippen LogP contribution in [0.1, 0.15) is 31.2 Å². The molecule has 17 heavy (non-hydrogen) atoms. The molecule has 0 radical (unpaired) electrons. The van der Waals surface area contributed by atoms with Crippen LogP contribution < -0.4 is 5.32 Å². The molecule has 1 aromatic rings. The van der Waals surface area contributed by atoms with Crippen molar-refractivity contribution in [1.82, 2.24) is 5.32 Å². The highest BCUT2D eigenvalue weighted by Gasteiger charge is 2.18. The van der Waals surface area contributed by atoms with Gasteiger partial charge >= 0.3 is 0 Å². The van der Waals surface area contributed by atoms with Crippen molar-refractivity contribution in [2.24, 2.45) is 0 Å². The van der Waals surface area contributed by atoms with Crippen LogP contribution in [0.3, 0.4) is 0 Å². The minimum Gasteiger partial charge on any atom is -0.393 e. The second-order valence-corrected chi connectivity index (χ2v) is 4.84. The van der Waals surface area contributed by atoms with Gasteiger partial charge in [0.1, 0.15) is 5.82 Å². The number of rotatable bonds is 4. The molecule has 0 spiro atoms. The number of hydrogen-bond acceptors (Lipinski definition) is 2. The molecule has 3 heteroatoms. The molecule has 0 aromatic heterocycles. The molecule has 2 nitrogen and oxygen atoms in total. The second-order valence-electron chi connectivity index (χ2n) is 4.84. The summed E-state index contributed by atoms with van der Waals surface area (Å²) in [6.07, 6.45) is 4.78. The molecule has 94 valence electrons. The largest absolute Gasteiger partial charge is 0.393 e. The van der Waals surface area contributed by atoms with E-state index in [-0.39, 0.29) is 11.9 Å². The highest BCUT2D eigenvalue weighted by Crippen LogP contribution is 2.18. The van der Waals surface area contributed by atoms with Crippen LogP contribution in [0, 0.1) is 5.82 Å². The maximum absolute atomic E-state index is 12.7. The summed E-state index contributed by atoms with van der Waals surface area (Å²) >= 11 is 0. The van der Waals surface area contributed by atoms with Gasteiger partial charge in [-0.15, -0.1) is 0 Å². The van der Waals surface area contributed by atoms with Gasteiger partial charge in [-0.3, -0.25) is 0 Å². The molecule has 0 amide bonds. The molecule has 2 N–H and O–H groups in total. The second kappa shape index (κ2) is 6.12. The van der Waals surface area contributed by atoms with Crippen molar-refractivity contribution in [3.63, 3.8) is 0 Å². The zero-order chi connectivity index (χ0) is 12.1. The number of aliphatic hydroxyl groups is 1. The smallest absolute Gasteiger partial charge is 0.123 e. The number of benzene rings is 1. The summed E-state index contributed by atoms with van der Waals surface area (Å²) in [6.45, 7) is 0.923. The van der Waals surface area contributed by atoms with Crippen LogP contribution in [0.5, 0.6) is 0 Å². The van der Waals surface area contributed by atoms with E-state index in [4.69, 9.17) is 0 Å².